The molecular formula is C23H24N4O5. The number of methoxy groups -OCH3 is 3. The van der Waals surface area contributed by atoms with Crippen LogP contribution < -0.4 is 20.1 Å². The van der Waals surface area contributed by atoms with E-state index in [9.17, 15) is 9.59 Å². The number of rotatable bonds is 8. The molecule has 1 aliphatic heterocycles. The van der Waals surface area contributed by atoms with Gasteiger partial charge in [0.1, 0.15) is 23.4 Å². The molecule has 9 nitrogen and oxygen atoms in total. The van der Waals surface area contributed by atoms with Gasteiger partial charge < -0.3 is 24.8 Å². The number of carbonyl (C=O) groups is 2. The summed E-state index contributed by atoms with van der Waals surface area (Å²) in [6.07, 6.45) is -0.0633. The summed E-state index contributed by atoms with van der Waals surface area (Å²) in [5.41, 5.74) is 2.89. The van der Waals surface area contributed by atoms with Crippen molar-refractivity contribution in [2.75, 3.05) is 32.0 Å². The van der Waals surface area contributed by atoms with E-state index < -0.39 is 6.04 Å². The van der Waals surface area contributed by atoms with Crippen LogP contribution in [0.1, 0.15) is 18.2 Å². The van der Waals surface area contributed by atoms with E-state index in [4.69, 9.17) is 14.2 Å². The molecule has 0 radical (unpaired) electrons. The van der Waals surface area contributed by atoms with Crippen LogP contribution in [0, 0.1) is 0 Å². The van der Waals surface area contributed by atoms with Crippen molar-refractivity contribution in [3.8, 4) is 22.6 Å². The smallest absolute Gasteiger partial charge is 0.251 e. The normalized spacial score (nSPS) is 14.6. The number of nitrogens with zero attached hydrogens (tertiary/aromatic N) is 2. The van der Waals surface area contributed by atoms with Gasteiger partial charge in [0.15, 0.2) is 0 Å². The predicted molar refractivity (Wildman–Crippen MR) is 119 cm³/mol. The van der Waals surface area contributed by atoms with E-state index >= 15 is 0 Å². The third-order valence-electron chi connectivity index (χ3n) is 5.21. The Hall–Kier alpha value is -3.85. The quantitative estimate of drug-likeness (QED) is 0.562. The number of hydrogen-bond donors (Lipinski definition) is 2. The van der Waals surface area contributed by atoms with Gasteiger partial charge in [-0.1, -0.05) is 18.2 Å². The highest BCUT2D eigenvalue weighted by molar-refractivity contribution is 6.04. The Bertz CT molecular complexity index is 1140. The summed E-state index contributed by atoms with van der Waals surface area (Å²) in [5, 5.41) is 10.3. The third-order valence-corrected chi connectivity index (χ3v) is 5.21. The zero-order valence-corrected chi connectivity index (χ0v) is 18.0. The first kappa shape index (κ1) is 21.4. The Labute approximate surface area is 185 Å². The van der Waals surface area contributed by atoms with Crippen molar-refractivity contribution in [1.82, 2.24) is 9.78 Å². The number of fused-ring (bicyclic) bond motifs is 1. The number of ether oxygens (including phenoxy) is 3. The zero-order valence-electron chi connectivity index (χ0n) is 18.0. The van der Waals surface area contributed by atoms with Crippen LogP contribution in [0.4, 0.5) is 11.5 Å². The van der Waals surface area contributed by atoms with Crippen LogP contribution in [0.3, 0.4) is 0 Å². The van der Waals surface area contributed by atoms with Crippen LogP contribution in [-0.4, -0.2) is 42.9 Å². The first-order valence-corrected chi connectivity index (χ1v) is 10.0. The molecule has 0 aliphatic carbocycles. The van der Waals surface area contributed by atoms with Gasteiger partial charge in [0.25, 0.3) is 5.91 Å². The molecule has 1 aliphatic rings. The molecule has 2 heterocycles. The fraction of sp³-hybridized carbons (Fsp3) is 0.261. The fourth-order valence-electron chi connectivity index (χ4n) is 3.70. The van der Waals surface area contributed by atoms with Gasteiger partial charge in [0.2, 0.25) is 5.91 Å². The van der Waals surface area contributed by atoms with E-state index in [1.807, 2.05) is 24.3 Å². The average molecular weight is 436 g/mol. The van der Waals surface area contributed by atoms with Gasteiger partial charge in [-0.05, 0) is 29.8 Å². The topological polar surface area (TPSA) is 104 Å². The standard InChI is InChI=1S/C23H24N4O5/c1-30-13-18-21(14-7-9-16(31-2)10-8-14)22-25-23(29)19(27(22)26-18)12-20(28)24-15-5-4-6-17(11-15)32-3/h4-11,19H,12-13H2,1-3H3,(H,24,28)(H,25,29). The molecule has 0 spiro atoms. The average Bonchev–Trinajstić information content (AvgIpc) is 3.29. The summed E-state index contributed by atoms with van der Waals surface area (Å²) in [6, 6.07) is 13.7. The van der Waals surface area contributed by atoms with E-state index in [-0.39, 0.29) is 24.8 Å². The largest absolute Gasteiger partial charge is 0.497 e. The van der Waals surface area contributed by atoms with E-state index in [1.165, 1.54) is 0 Å². The summed E-state index contributed by atoms with van der Waals surface area (Å²) in [4.78, 5) is 25.4. The van der Waals surface area contributed by atoms with E-state index in [0.29, 0.717) is 22.9 Å². The number of amides is 2. The first-order chi connectivity index (χ1) is 15.5. The fourth-order valence-corrected chi connectivity index (χ4v) is 3.70. The van der Waals surface area contributed by atoms with Crippen molar-refractivity contribution in [1.29, 1.82) is 0 Å². The summed E-state index contributed by atoms with van der Waals surface area (Å²) in [6.45, 7) is 0.264. The van der Waals surface area contributed by atoms with Gasteiger partial charge in [-0.2, -0.15) is 5.10 Å². The molecule has 2 N–H and O–H groups in total. The second-order valence-corrected chi connectivity index (χ2v) is 7.27. The molecule has 0 fully saturated rings. The molecule has 2 aromatic carbocycles. The number of nitrogens with one attached hydrogen (secondary N) is 2. The lowest BCUT2D eigenvalue weighted by molar-refractivity contribution is -0.123. The Morgan fingerprint density at radius 1 is 1.09 bits per heavy atom. The summed E-state index contributed by atoms with van der Waals surface area (Å²) < 4.78 is 17.3. The lowest BCUT2D eigenvalue weighted by atomic mass is 10.1. The van der Waals surface area contributed by atoms with E-state index in [1.54, 1.807) is 50.3 Å². The summed E-state index contributed by atoms with van der Waals surface area (Å²) in [7, 11) is 4.74. The number of anilines is 2. The van der Waals surface area contributed by atoms with Gasteiger partial charge in [-0.25, -0.2) is 4.68 Å². The Kier molecular flexibility index (Phi) is 6.09. The van der Waals surface area contributed by atoms with E-state index in [0.717, 1.165) is 16.9 Å². The van der Waals surface area contributed by atoms with Crippen molar-refractivity contribution in [2.45, 2.75) is 19.1 Å². The minimum Gasteiger partial charge on any atom is -0.497 e. The monoisotopic (exact) mass is 436 g/mol. The molecule has 0 bridgehead atoms. The van der Waals surface area contributed by atoms with Crippen LogP contribution in [-0.2, 0) is 20.9 Å². The summed E-state index contributed by atoms with van der Waals surface area (Å²) in [5.74, 6) is 1.31. The number of hydrogen-bond acceptors (Lipinski definition) is 6. The first-order valence-electron chi connectivity index (χ1n) is 10.0. The van der Waals surface area contributed by atoms with Crippen LogP contribution >= 0.6 is 0 Å². The minimum atomic E-state index is -0.766. The molecule has 1 unspecified atom stereocenters. The lowest BCUT2D eigenvalue weighted by Gasteiger charge is -2.11. The molecule has 1 atom stereocenters. The Morgan fingerprint density at radius 2 is 1.84 bits per heavy atom. The zero-order chi connectivity index (χ0) is 22.7. The van der Waals surface area contributed by atoms with Crippen LogP contribution in [0.5, 0.6) is 11.5 Å². The third kappa shape index (κ3) is 4.15. The molecule has 0 saturated heterocycles. The Balaban J connectivity index is 1.60. The molecule has 9 heteroatoms. The number of carbonyl (C=O) groups excluding carboxylic acids is 2. The molecule has 32 heavy (non-hydrogen) atoms. The highest BCUT2D eigenvalue weighted by atomic mass is 16.5. The molecule has 2 amide bonds. The van der Waals surface area contributed by atoms with Gasteiger partial charge in [-0.3, -0.25) is 9.59 Å². The van der Waals surface area contributed by atoms with Gasteiger partial charge in [0, 0.05) is 24.4 Å². The van der Waals surface area contributed by atoms with Crippen LogP contribution in [0.25, 0.3) is 11.1 Å². The van der Waals surface area contributed by atoms with Crippen molar-refractivity contribution in [3.05, 3.63) is 54.2 Å². The van der Waals surface area contributed by atoms with Crippen LogP contribution in [0.15, 0.2) is 48.5 Å². The van der Waals surface area contributed by atoms with Gasteiger partial charge in [-0.15, -0.1) is 0 Å². The van der Waals surface area contributed by atoms with E-state index in [2.05, 4.69) is 15.7 Å². The second kappa shape index (κ2) is 9.11. The molecule has 166 valence electrons. The maximum atomic E-state index is 12.7. The van der Waals surface area contributed by atoms with Crippen molar-refractivity contribution in [2.24, 2.45) is 0 Å². The highest BCUT2D eigenvalue weighted by Gasteiger charge is 2.37. The highest BCUT2D eigenvalue weighted by Crippen LogP contribution is 2.39. The molecule has 1 aromatic heterocycles. The van der Waals surface area contributed by atoms with Crippen molar-refractivity contribution in [3.63, 3.8) is 0 Å². The lowest BCUT2D eigenvalue weighted by Crippen LogP contribution is -2.24. The molecular weight excluding hydrogens is 412 g/mol. The van der Waals surface area contributed by atoms with Gasteiger partial charge in [0.05, 0.1) is 32.9 Å². The minimum absolute atomic E-state index is 0.0633. The van der Waals surface area contributed by atoms with Crippen molar-refractivity contribution < 1.29 is 23.8 Å². The Morgan fingerprint density at radius 3 is 2.53 bits per heavy atom. The predicted octanol–water partition coefficient (Wildman–Crippen LogP) is 3.24. The van der Waals surface area contributed by atoms with Gasteiger partial charge >= 0.3 is 0 Å². The molecule has 0 saturated carbocycles. The molecule has 4 rings (SSSR count). The number of benzene rings is 2. The maximum absolute atomic E-state index is 12.7. The summed E-state index contributed by atoms with van der Waals surface area (Å²) >= 11 is 0. The second-order valence-electron chi connectivity index (χ2n) is 7.27. The molecule has 3 aromatic rings. The maximum Gasteiger partial charge on any atom is 0.251 e. The number of aromatic nitrogens is 2. The SMILES string of the molecule is COCc1nn2c(c1-c1ccc(OC)cc1)NC(=O)C2CC(=O)Nc1cccc(OC)c1. The van der Waals surface area contributed by atoms with Crippen molar-refractivity contribution >= 4 is 23.3 Å². The van der Waals surface area contributed by atoms with Crippen LogP contribution in [0.2, 0.25) is 0 Å².